The molecule has 0 bridgehead atoms. The molecule has 43 heavy (non-hydrogen) atoms. The van der Waals surface area contributed by atoms with Crippen LogP contribution in [0.5, 0.6) is 0 Å². The first-order chi connectivity index (χ1) is 20.0. The van der Waals surface area contributed by atoms with Crippen LogP contribution in [0.2, 0.25) is 0 Å². The molecule has 5 rings (SSSR count). The SMILES string of the molecule is CC(C)(Cc1ccc(C2(C)C(=O)Nc3nc(-c4nn(CCC(F)(F)C(F)(F)F)c5ncccc45)nc(N)c32)nc1)C(=O)O. The Morgan fingerprint density at radius 1 is 1.12 bits per heavy atom. The number of nitrogens with two attached hydrogens (primary N) is 1. The van der Waals surface area contributed by atoms with Crippen molar-refractivity contribution in [2.24, 2.45) is 5.41 Å². The number of carboxylic acid groups (broad SMARTS) is 1. The molecule has 4 aromatic heterocycles. The Labute approximate surface area is 240 Å². The molecule has 0 saturated heterocycles. The number of carboxylic acids is 1. The second kappa shape index (κ2) is 9.91. The van der Waals surface area contributed by atoms with Gasteiger partial charge in [-0.1, -0.05) is 6.07 Å². The maximum absolute atomic E-state index is 13.6. The van der Waals surface area contributed by atoms with Crippen molar-refractivity contribution in [2.45, 2.75) is 57.7 Å². The normalized spacial score (nSPS) is 17.3. The van der Waals surface area contributed by atoms with E-state index in [9.17, 15) is 36.6 Å². The maximum atomic E-state index is 13.6. The molecule has 4 aromatic rings. The number of amides is 1. The van der Waals surface area contributed by atoms with Gasteiger partial charge in [0.25, 0.3) is 0 Å². The zero-order valence-corrected chi connectivity index (χ0v) is 23.0. The van der Waals surface area contributed by atoms with Gasteiger partial charge < -0.3 is 16.2 Å². The van der Waals surface area contributed by atoms with E-state index in [-0.39, 0.29) is 46.2 Å². The monoisotopic (exact) mass is 604 g/mol. The lowest BCUT2D eigenvalue weighted by atomic mass is 9.80. The summed E-state index contributed by atoms with van der Waals surface area (Å²) in [5.74, 6) is -6.61. The number of rotatable bonds is 8. The van der Waals surface area contributed by atoms with Gasteiger partial charge in [-0.25, -0.2) is 19.6 Å². The van der Waals surface area contributed by atoms with E-state index in [4.69, 9.17) is 5.73 Å². The number of anilines is 2. The van der Waals surface area contributed by atoms with Crippen molar-refractivity contribution in [1.82, 2.24) is 29.7 Å². The van der Waals surface area contributed by atoms with E-state index in [0.717, 1.165) is 4.68 Å². The Kier molecular flexibility index (Phi) is 6.85. The van der Waals surface area contributed by atoms with Crippen LogP contribution in [0.25, 0.3) is 22.6 Å². The second-order valence-corrected chi connectivity index (χ2v) is 11.1. The van der Waals surface area contributed by atoms with Gasteiger partial charge in [-0.05, 0) is 51.0 Å². The third-order valence-corrected chi connectivity index (χ3v) is 7.46. The number of nitrogens with zero attached hydrogens (tertiary/aromatic N) is 6. The van der Waals surface area contributed by atoms with Gasteiger partial charge in [0, 0.05) is 25.4 Å². The van der Waals surface area contributed by atoms with Gasteiger partial charge in [0.05, 0.1) is 22.1 Å². The molecule has 0 fully saturated rings. The zero-order chi connectivity index (χ0) is 31.5. The molecule has 0 aromatic carbocycles. The molecule has 226 valence electrons. The number of alkyl halides is 5. The topological polar surface area (TPSA) is 162 Å². The van der Waals surface area contributed by atoms with E-state index in [2.05, 4.69) is 30.4 Å². The highest BCUT2D eigenvalue weighted by atomic mass is 19.4. The number of carbonyl (C=O) groups is 2. The van der Waals surface area contributed by atoms with Gasteiger partial charge in [0.2, 0.25) is 5.91 Å². The van der Waals surface area contributed by atoms with Crippen LogP contribution in [0, 0.1) is 5.41 Å². The van der Waals surface area contributed by atoms with Gasteiger partial charge in [-0.2, -0.15) is 27.1 Å². The van der Waals surface area contributed by atoms with Gasteiger partial charge in [-0.3, -0.25) is 14.6 Å². The van der Waals surface area contributed by atoms with Gasteiger partial charge in [-0.15, -0.1) is 0 Å². The lowest BCUT2D eigenvalue weighted by molar-refractivity contribution is -0.285. The van der Waals surface area contributed by atoms with Crippen LogP contribution in [0.1, 0.15) is 44.0 Å². The third kappa shape index (κ3) is 4.99. The Balaban J connectivity index is 1.51. The van der Waals surface area contributed by atoms with Crippen molar-refractivity contribution in [2.75, 3.05) is 11.1 Å². The highest BCUT2D eigenvalue weighted by Crippen LogP contribution is 2.45. The Morgan fingerprint density at radius 3 is 2.47 bits per heavy atom. The van der Waals surface area contributed by atoms with E-state index >= 15 is 0 Å². The zero-order valence-electron chi connectivity index (χ0n) is 23.0. The molecule has 16 heteroatoms. The molecule has 1 amide bonds. The molecule has 1 atom stereocenters. The predicted octanol–water partition coefficient (Wildman–Crippen LogP) is 4.36. The molecule has 0 radical (unpaired) electrons. The highest BCUT2D eigenvalue weighted by molar-refractivity contribution is 6.09. The first kappa shape index (κ1) is 29.7. The van der Waals surface area contributed by atoms with Crippen LogP contribution in [-0.4, -0.2) is 58.8 Å². The number of carbonyl (C=O) groups excluding carboxylic acids is 1. The minimum absolute atomic E-state index is 0.0132. The molecule has 1 aliphatic rings. The number of hydrogen-bond acceptors (Lipinski definition) is 8. The molecular weight excluding hydrogens is 579 g/mol. The summed E-state index contributed by atoms with van der Waals surface area (Å²) in [7, 11) is 0. The Bertz CT molecular complexity index is 1750. The summed E-state index contributed by atoms with van der Waals surface area (Å²) in [6, 6.07) is 6.30. The van der Waals surface area contributed by atoms with E-state index < -0.39 is 47.8 Å². The van der Waals surface area contributed by atoms with Crippen molar-refractivity contribution in [3.05, 3.63) is 53.5 Å². The first-order valence-corrected chi connectivity index (χ1v) is 12.9. The molecule has 0 spiro atoms. The smallest absolute Gasteiger partial charge is 0.453 e. The van der Waals surface area contributed by atoms with Gasteiger partial charge >= 0.3 is 18.1 Å². The summed E-state index contributed by atoms with van der Waals surface area (Å²) in [6.45, 7) is 3.94. The summed E-state index contributed by atoms with van der Waals surface area (Å²) < 4.78 is 66.4. The minimum atomic E-state index is -5.72. The highest BCUT2D eigenvalue weighted by Gasteiger charge is 2.57. The standard InChI is InChI=1S/C27H25F5N8O3/c1-24(2,23(42)43)11-13-6-7-15(35-12-13)25(3)16-18(33)36-20(37-19(16)38-22(25)41)17-14-5-4-9-34-21(14)40(39-17)10-8-26(28,29)27(30,31)32/h4-7,9,12H,8,10-11H2,1-3H3,(H,42,43)(H3,33,36,37,38,41). The molecule has 0 aliphatic carbocycles. The van der Waals surface area contributed by atoms with Crippen molar-refractivity contribution in [3.8, 4) is 11.5 Å². The molecule has 11 nitrogen and oxygen atoms in total. The van der Waals surface area contributed by atoms with Gasteiger partial charge in [0.15, 0.2) is 11.5 Å². The van der Waals surface area contributed by atoms with Crippen molar-refractivity contribution in [3.63, 3.8) is 0 Å². The van der Waals surface area contributed by atoms with Crippen molar-refractivity contribution in [1.29, 1.82) is 0 Å². The van der Waals surface area contributed by atoms with Crippen LogP contribution in [-0.2, 0) is 28.0 Å². The number of halogens is 5. The maximum Gasteiger partial charge on any atom is 0.453 e. The first-order valence-electron chi connectivity index (χ1n) is 12.9. The van der Waals surface area contributed by atoms with Crippen molar-refractivity contribution < 1.29 is 36.6 Å². The number of nitrogen functional groups attached to an aromatic ring is 1. The quantitative estimate of drug-likeness (QED) is 0.248. The number of aryl methyl sites for hydroxylation is 1. The van der Waals surface area contributed by atoms with E-state index in [1.54, 1.807) is 32.9 Å². The second-order valence-electron chi connectivity index (χ2n) is 11.1. The molecule has 4 N–H and O–H groups in total. The molecule has 5 heterocycles. The number of aliphatic carboxylic acids is 1. The molecule has 0 saturated carbocycles. The van der Waals surface area contributed by atoms with Crippen LogP contribution in [0.15, 0.2) is 36.7 Å². The average molecular weight is 605 g/mol. The third-order valence-electron chi connectivity index (χ3n) is 7.46. The number of fused-ring (bicyclic) bond motifs is 2. The largest absolute Gasteiger partial charge is 0.481 e. The Hall–Kier alpha value is -4.76. The minimum Gasteiger partial charge on any atom is -0.481 e. The van der Waals surface area contributed by atoms with Crippen LogP contribution in [0.4, 0.5) is 33.6 Å². The number of aromatic nitrogens is 6. The number of nitrogens with one attached hydrogen (secondary N) is 1. The average Bonchev–Trinajstić information content (AvgIpc) is 3.42. The fourth-order valence-corrected chi connectivity index (χ4v) is 4.89. The summed E-state index contributed by atoms with van der Waals surface area (Å²) in [5.41, 5.74) is 5.08. The lowest BCUT2D eigenvalue weighted by Crippen LogP contribution is -2.37. The van der Waals surface area contributed by atoms with Crippen LogP contribution >= 0.6 is 0 Å². The number of pyridine rings is 2. The summed E-state index contributed by atoms with van der Waals surface area (Å²) in [4.78, 5) is 42.0. The summed E-state index contributed by atoms with van der Waals surface area (Å²) in [6.07, 6.45) is -4.27. The molecule has 1 unspecified atom stereocenters. The Morgan fingerprint density at radius 2 is 1.84 bits per heavy atom. The number of hydrogen-bond donors (Lipinski definition) is 3. The fraction of sp³-hybridized carbons (Fsp3) is 0.370. The summed E-state index contributed by atoms with van der Waals surface area (Å²) in [5, 5.41) is 16.5. The van der Waals surface area contributed by atoms with Gasteiger partial charge in [0.1, 0.15) is 22.7 Å². The van der Waals surface area contributed by atoms with E-state index in [1.165, 1.54) is 24.5 Å². The van der Waals surface area contributed by atoms with Crippen LogP contribution in [0.3, 0.4) is 0 Å². The van der Waals surface area contributed by atoms with Crippen molar-refractivity contribution >= 4 is 34.5 Å². The molecule has 1 aliphatic heterocycles. The predicted molar refractivity (Wildman–Crippen MR) is 143 cm³/mol. The lowest BCUT2D eigenvalue weighted by Gasteiger charge is -2.23. The summed E-state index contributed by atoms with van der Waals surface area (Å²) >= 11 is 0. The molecular formula is C27H25F5N8O3. The van der Waals surface area contributed by atoms with E-state index in [0.29, 0.717) is 11.3 Å². The van der Waals surface area contributed by atoms with Crippen LogP contribution < -0.4 is 11.1 Å². The van der Waals surface area contributed by atoms with E-state index in [1.807, 2.05) is 0 Å². The fourth-order valence-electron chi connectivity index (χ4n) is 4.89.